The maximum Gasteiger partial charge on any atom is 0.0480 e. The van der Waals surface area contributed by atoms with Crippen LogP contribution in [0, 0.1) is 0 Å². The molecule has 0 aromatic carbocycles. The van der Waals surface area contributed by atoms with Gasteiger partial charge in [-0.15, -0.1) is 0 Å². The zero-order valence-electron chi connectivity index (χ0n) is 8.02. The van der Waals surface area contributed by atoms with Gasteiger partial charge in [-0.2, -0.15) is 0 Å². The number of ether oxygens (including phenoxy) is 1. The molecule has 1 atom stereocenters. The summed E-state index contributed by atoms with van der Waals surface area (Å²) in [6.07, 6.45) is 2.33. The molecule has 0 aromatic rings. The quantitative estimate of drug-likeness (QED) is 0.572. The van der Waals surface area contributed by atoms with Crippen LogP contribution in [0.25, 0.3) is 0 Å². The first kappa shape index (κ1) is 10.9. The van der Waals surface area contributed by atoms with E-state index < -0.39 is 0 Å². The summed E-state index contributed by atoms with van der Waals surface area (Å²) in [5.41, 5.74) is 0. The van der Waals surface area contributed by atoms with Gasteiger partial charge in [-0.3, -0.25) is 0 Å². The highest BCUT2D eigenvalue weighted by Gasteiger charge is 1.98. The molecule has 1 N–H and O–H groups in total. The molecular formula is C9H21NO. The van der Waals surface area contributed by atoms with Gasteiger partial charge >= 0.3 is 0 Å². The Morgan fingerprint density at radius 1 is 1.36 bits per heavy atom. The fourth-order valence-electron chi connectivity index (χ4n) is 0.897. The molecule has 0 amide bonds. The minimum Gasteiger partial charge on any atom is -0.382 e. The van der Waals surface area contributed by atoms with Gasteiger partial charge in [-0.25, -0.2) is 0 Å². The van der Waals surface area contributed by atoms with E-state index in [9.17, 15) is 0 Å². The van der Waals surface area contributed by atoms with E-state index in [1.165, 1.54) is 6.42 Å². The van der Waals surface area contributed by atoms with Crippen molar-refractivity contribution in [2.24, 2.45) is 0 Å². The predicted octanol–water partition coefficient (Wildman–Crippen LogP) is 1.80. The van der Waals surface area contributed by atoms with Gasteiger partial charge in [0.1, 0.15) is 0 Å². The van der Waals surface area contributed by atoms with Crippen LogP contribution in [-0.4, -0.2) is 25.8 Å². The maximum absolute atomic E-state index is 5.24. The molecule has 0 radical (unpaired) electrons. The molecule has 0 spiro atoms. The molecule has 2 nitrogen and oxygen atoms in total. The Morgan fingerprint density at radius 3 is 2.64 bits per heavy atom. The third-order valence-electron chi connectivity index (χ3n) is 1.64. The summed E-state index contributed by atoms with van der Waals surface area (Å²) in [5.74, 6) is 0. The molecule has 0 aliphatic heterocycles. The number of hydrogen-bond donors (Lipinski definition) is 1. The van der Waals surface area contributed by atoms with Gasteiger partial charge in [0, 0.05) is 19.3 Å². The van der Waals surface area contributed by atoms with Crippen molar-refractivity contribution in [2.75, 3.05) is 19.8 Å². The van der Waals surface area contributed by atoms with E-state index in [0.29, 0.717) is 6.04 Å². The first-order valence-corrected chi connectivity index (χ1v) is 4.62. The van der Waals surface area contributed by atoms with E-state index in [0.717, 1.165) is 26.2 Å². The van der Waals surface area contributed by atoms with E-state index in [1.807, 2.05) is 6.92 Å². The first-order valence-electron chi connectivity index (χ1n) is 4.62. The summed E-state index contributed by atoms with van der Waals surface area (Å²) in [6, 6.07) is 0.599. The predicted molar refractivity (Wildman–Crippen MR) is 48.9 cm³/mol. The molecule has 11 heavy (non-hydrogen) atoms. The van der Waals surface area contributed by atoms with Gasteiger partial charge in [0.25, 0.3) is 0 Å². The van der Waals surface area contributed by atoms with Gasteiger partial charge < -0.3 is 10.1 Å². The Morgan fingerprint density at radius 2 is 2.09 bits per heavy atom. The number of hydrogen-bond acceptors (Lipinski definition) is 2. The first-order chi connectivity index (χ1) is 5.31. The Balaban J connectivity index is 3.02. The lowest BCUT2D eigenvalue weighted by Crippen LogP contribution is -2.27. The second-order valence-electron chi connectivity index (χ2n) is 2.84. The molecule has 0 aliphatic carbocycles. The minimum absolute atomic E-state index is 0.599. The van der Waals surface area contributed by atoms with E-state index in [-0.39, 0.29) is 0 Å². The number of nitrogens with one attached hydrogen (secondary N) is 1. The summed E-state index contributed by atoms with van der Waals surface area (Å²) in [5, 5.41) is 3.41. The maximum atomic E-state index is 5.24. The highest BCUT2D eigenvalue weighted by atomic mass is 16.5. The van der Waals surface area contributed by atoms with E-state index in [1.54, 1.807) is 0 Å². The molecule has 68 valence electrons. The molecule has 2 heteroatoms. The van der Waals surface area contributed by atoms with Crippen molar-refractivity contribution in [2.45, 2.75) is 39.7 Å². The average Bonchev–Trinajstić information content (AvgIpc) is 2.01. The Bertz CT molecular complexity index is 76.0. The van der Waals surface area contributed by atoms with Crippen molar-refractivity contribution in [3.05, 3.63) is 0 Å². The monoisotopic (exact) mass is 159 g/mol. The van der Waals surface area contributed by atoms with Crippen molar-refractivity contribution in [1.82, 2.24) is 5.32 Å². The lowest BCUT2D eigenvalue weighted by atomic mass is 10.2. The minimum atomic E-state index is 0.599. The second-order valence-corrected chi connectivity index (χ2v) is 2.84. The standard InChI is InChI=1S/C9H21NO/c1-4-7-10-9(3)6-8-11-5-2/h9-10H,4-8H2,1-3H3. The average molecular weight is 159 g/mol. The van der Waals surface area contributed by atoms with Gasteiger partial charge in [-0.1, -0.05) is 6.92 Å². The molecule has 0 saturated heterocycles. The normalized spacial score (nSPS) is 13.4. The smallest absolute Gasteiger partial charge is 0.0480 e. The lowest BCUT2D eigenvalue weighted by Gasteiger charge is -2.12. The third kappa shape index (κ3) is 7.82. The Labute approximate surface area is 70.3 Å². The Hall–Kier alpha value is -0.0800. The summed E-state index contributed by atoms with van der Waals surface area (Å²) in [7, 11) is 0. The van der Waals surface area contributed by atoms with Crippen LogP contribution in [0.2, 0.25) is 0 Å². The van der Waals surface area contributed by atoms with Crippen LogP contribution < -0.4 is 5.32 Å². The molecule has 0 aliphatic rings. The van der Waals surface area contributed by atoms with Crippen molar-refractivity contribution < 1.29 is 4.74 Å². The second kappa shape index (κ2) is 8.02. The van der Waals surface area contributed by atoms with Gasteiger partial charge in [-0.05, 0) is 33.2 Å². The van der Waals surface area contributed by atoms with Crippen molar-refractivity contribution in [1.29, 1.82) is 0 Å². The fraction of sp³-hybridized carbons (Fsp3) is 1.00. The van der Waals surface area contributed by atoms with Gasteiger partial charge in [0.05, 0.1) is 0 Å². The van der Waals surface area contributed by atoms with Crippen molar-refractivity contribution >= 4 is 0 Å². The highest BCUT2D eigenvalue weighted by molar-refractivity contribution is 4.58. The van der Waals surface area contributed by atoms with Crippen molar-refractivity contribution in [3.63, 3.8) is 0 Å². The van der Waals surface area contributed by atoms with Gasteiger partial charge in [0.15, 0.2) is 0 Å². The number of rotatable bonds is 7. The van der Waals surface area contributed by atoms with Crippen molar-refractivity contribution in [3.8, 4) is 0 Å². The summed E-state index contributed by atoms with van der Waals surface area (Å²) < 4.78 is 5.24. The lowest BCUT2D eigenvalue weighted by molar-refractivity contribution is 0.138. The Kier molecular flexibility index (Phi) is 7.96. The van der Waals surface area contributed by atoms with Crippen LogP contribution in [0.15, 0.2) is 0 Å². The SMILES string of the molecule is CCCNC(C)CCOCC. The topological polar surface area (TPSA) is 21.3 Å². The zero-order valence-corrected chi connectivity index (χ0v) is 8.02. The van der Waals surface area contributed by atoms with Crippen LogP contribution in [-0.2, 0) is 4.74 Å². The van der Waals surface area contributed by atoms with E-state index >= 15 is 0 Å². The van der Waals surface area contributed by atoms with Crippen LogP contribution >= 0.6 is 0 Å². The third-order valence-corrected chi connectivity index (χ3v) is 1.64. The molecule has 0 heterocycles. The van der Waals surface area contributed by atoms with Crippen LogP contribution in [0.4, 0.5) is 0 Å². The van der Waals surface area contributed by atoms with Crippen LogP contribution in [0.5, 0.6) is 0 Å². The van der Waals surface area contributed by atoms with E-state index in [2.05, 4.69) is 19.2 Å². The van der Waals surface area contributed by atoms with Crippen LogP contribution in [0.3, 0.4) is 0 Å². The molecule has 1 unspecified atom stereocenters. The molecule has 0 aromatic heterocycles. The highest BCUT2D eigenvalue weighted by Crippen LogP contribution is 1.91. The molecule has 0 fully saturated rings. The fourth-order valence-corrected chi connectivity index (χ4v) is 0.897. The summed E-state index contributed by atoms with van der Waals surface area (Å²) in [6.45, 7) is 9.25. The van der Waals surface area contributed by atoms with E-state index in [4.69, 9.17) is 4.74 Å². The zero-order chi connectivity index (χ0) is 8.53. The largest absolute Gasteiger partial charge is 0.382 e. The van der Waals surface area contributed by atoms with Crippen LogP contribution in [0.1, 0.15) is 33.6 Å². The molecule has 0 rings (SSSR count). The molecule has 0 saturated carbocycles. The molecule has 0 bridgehead atoms. The summed E-state index contributed by atoms with van der Waals surface area (Å²) in [4.78, 5) is 0. The van der Waals surface area contributed by atoms with Gasteiger partial charge in [0.2, 0.25) is 0 Å². The summed E-state index contributed by atoms with van der Waals surface area (Å²) >= 11 is 0. The molecular weight excluding hydrogens is 138 g/mol.